The second kappa shape index (κ2) is 5.79. The van der Waals surface area contributed by atoms with E-state index in [0.29, 0.717) is 25.8 Å². The fourth-order valence-electron chi connectivity index (χ4n) is 2.04. The zero-order valence-electron chi connectivity index (χ0n) is 10.0. The largest absolute Gasteiger partial charge is 0.481 e. The Kier molecular flexibility index (Phi) is 4.91. The Morgan fingerprint density at radius 3 is 2.35 bits per heavy atom. The van der Waals surface area contributed by atoms with Crippen molar-refractivity contribution in [2.24, 2.45) is 5.41 Å². The summed E-state index contributed by atoms with van der Waals surface area (Å²) in [6.07, 6.45) is 3.47. The summed E-state index contributed by atoms with van der Waals surface area (Å²) in [5, 5.41) is 9.18. The van der Waals surface area contributed by atoms with Crippen molar-refractivity contribution in [3.05, 3.63) is 0 Å². The highest BCUT2D eigenvalue weighted by Gasteiger charge is 2.41. The van der Waals surface area contributed by atoms with E-state index in [4.69, 9.17) is 0 Å². The van der Waals surface area contributed by atoms with Gasteiger partial charge in [0, 0.05) is 13.1 Å². The van der Waals surface area contributed by atoms with Crippen molar-refractivity contribution in [2.75, 3.05) is 13.1 Å². The van der Waals surface area contributed by atoms with Crippen LogP contribution in [0.1, 0.15) is 39.0 Å². The lowest BCUT2D eigenvalue weighted by Crippen LogP contribution is -2.45. The van der Waals surface area contributed by atoms with Gasteiger partial charge in [0.2, 0.25) is 0 Å². The third-order valence-corrected chi connectivity index (χ3v) is 4.27. The normalized spacial score (nSPS) is 19.4. The van der Waals surface area contributed by atoms with Gasteiger partial charge >= 0.3 is 5.97 Å². The van der Waals surface area contributed by atoms with Crippen LogP contribution in [-0.4, -0.2) is 32.6 Å². The maximum atomic E-state index is 11.5. The molecule has 1 fully saturated rings. The van der Waals surface area contributed by atoms with Crippen molar-refractivity contribution >= 4 is 16.2 Å². The van der Waals surface area contributed by atoms with Crippen LogP contribution in [0.3, 0.4) is 0 Å². The number of carboxylic acids is 1. The molecule has 0 unspecified atom stereocenters. The minimum absolute atomic E-state index is 0.0264. The Balaban J connectivity index is 2.56. The van der Waals surface area contributed by atoms with Gasteiger partial charge in [0.15, 0.2) is 0 Å². The van der Waals surface area contributed by atoms with Crippen molar-refractivity contribution in [1.29, 1.82) is 0 Å². The van der Waals surface area contributed by atoms with Gasteiger partial charge in [0.1, 0.15) is 0 Å². The fraction of sp³-hybridized carbons (Fsp3) is 0.900. The highest BCUT2D eigenvalue weighted by molar-refractivity contribution is 7.87. The summed E-state index contributed by atoms with van der Waals surface area (Å²) in [6, 6.07) is 0. The zero-order chi connectivity index (χ0) is 12.9. The second-order valence-electron chi connectivity index (χ2n) is 4.51. The Labute approximate surface area is 102 Å². The predicted molar refractivity (Wildman–Crippen MR) is 63.8 cm³/mol. The first kappa shape index (κ1) is 14.4. The summed E-state index contributed by atoms with van der Waals surface area (Å²) in [6.45, 7) is 2.19. The van der Waals surface area contributed by atoms with Gasteiger partial charge < -0.3 is 5.11 Å². The standard InChI is InChI=1S/C10H20N2O4S/c1-2-7-11-17(15,16)12-8-10(9(13)14)5-3-4-6-10/h11-12H,2-8H2,1H3,(H,13,14). The van der Waals surface area contributed by atoms with E-state index in [1.54, 1.807) is 0 Å². The topological polar surface area (TPSA) is 95.5 Å². The molecule has 1 saturated carbocycles. The third-order valence-electron chi connectivity index (χ3n) is 3.16. The van der Waals surface area contributed by atoms with E-state index in [2.05, 4.69) is 9.44 Å². The Morgan fingerprint density at radius 2 is 1.88 bits per heavy atom. The molecule has 1 rings (SSSR count). The van der Waals surface area contributed by atoms with Crippen molar-refractivity contribution < 1.29 is 18.3 Å². The minimum atomic E-state index is -3.57. The molecule has 1 aliphatic rings. The average Bonchev–Trinajstić information content (AvgIpc) is 2.74. The van der Waals surface area contributed by atoms with Crippen LogP contribution in [0.5, 0.6) is 0 Å². The molecule has 0 atom stereocenters. The number of rotatable bonds is 7. The molecule has 7 heteroatoms. The molecule has 0 aliphatic heterocycles. The molecule has 0 aromatic carbocycles. The molecule has 0 saturated heterocycles. The monoisotopic (exact) mass is 264 g/mol. The SMILES string of the molecule is CCCNS(=O)(=O)NCC1(C(=O)O)CCCC1. The zero-order valence-corrected chi connectivity index (χ0v) is 10.8. The van der Waals surface area contributed by atoms with E-state index < -0.39 is 21.6 Å². The van der Waals surface area contributed by atoms with E-state index in [9.17, 15) is 18.3 Å². The number of nitrogens with one attached hydrogen (secondary N) is 2. The van der Waals surface area contributed by atoms with Gasteiger partial charge in [-0.1, -0.05) is 19.8 Å². The second-order valence-corrected chi connectivity index (χ2v) is 6.10. The number of carbonyl (C=O) groups is 1. The Hall–Kier alpha value is -0.660. The maximum absolute atomic E-state index is 11.5. The van der Waals surface area contributed by atoms with Crippen LogP contribution >= 0.6 is 0 Å². The smallest absolute Gasteiger partial charge is 0.310 e. The molecular weight excluding hydrogens is 244 g/mol. The van der Waals surface area contributed by atoms with Crippen LogP contribution in [0.4, 0.5) is 0 Å². The molecule has 0 radical (unpaired) electrons. The van der Waals surface area contributed by atoms with Crippen molar-refractivity contribution in [3.8, 4) is 0 Å². The Morgan fingerprint density at radius 1 is 1.29 bits per heavy atom. The lowest BCUT2D eigenvalue weighted by Gasteiger charge is -2.23. The molecule has 100 valence electrons. The quantitative estimate of drug-likeness (QED) is 0.622. The molecule has 0 aromatic rings. The summed E-state index contributed by atoms with van der Waals surface area (Å²) in [5.41, 5.74) is -0.916. The molecule has 0 aromatic heterocycles. The molecule has 0 spiro atoms. The third kappa shape index (κ3) is 3.93. The number of hydrogen-bond donors (Lipinski definition) is 3. The van der Waals surface area contributed by atoms with Gasteiger partial charge in [0.25, 0.3) is 10.2 Å². The van der Waals surface area contributed by atoms with Crippen LogP contribution in [0, 0.1) is 5.41 Å². The molecular formula is C10H20N2O4S. The van der Waals surface area contributed by atoms with Crippen LogP contribution in [-0.2, 0) is 15.0 Å². The highest BCUT2D eigenvalue weighted by Crippen LogP contribution is 2.37. The van der Waals surface area contributed by atoms with Gasteiger partial charge in [-0.05, 0) is 19.3 Å². The van der Waals surface area contributed by atoms with E-state index in [1.165, 1.54) is 0 Å². The summed E-state index contributed by atoms with van der Waals surface area (Å²) >= 11 is 0. The van der Waals surface area contributed by atoms with Gasteiger partial charge in [-0.15, -0.1) is 0 Å². The van der Waals surface area contributed by atoms with Crippen LogP contribution < -0.4 is 9.44 Å². The van der Waals surface area contributed by atoms with Gasteiger partial charge in [0.05, 0.1) is 5.41 Å². The summed E-state index contributed by atoms with van der Waals surface area (Å²) in [4.78, 5) is 11.2. The van der Waals surface area contributed by atoms with Crippen molar-refractivity contribution in [2.45, 2.75) is 39.0 Å². The molecule has 0 amide bonds. The van der Waals surface area contributed by atoms with Crippen LogP contribution in [0.25, 0.3) is 0 Å². The van der Waals surface area contributed by atoms with E-state index in [0.717, 1.165) is 12.8 Å². The van der Waals surface area contributed by atoms with Crippen LogP contribution in [0.15, 0.2) is 0 Å². The molecule has 0 bridgehead atoms. The maximum Gasteiger partial charge on any atom is 0.310 e. The van der Waals surface area contributed by atoms with E-state index in [1.807, 2.05) is 6.92 Å². The average molecular weight is 264 g/mol. The number of hydrogen-bond acceptors (Lipinski definition) is 3. The molecule has 17 heavy (non-hydrogen) atoms. The fourth-order valence-corrected chi connectivity index (χ4v) is 3.08. The Bertz CT molecular complexity index is 361. The van der Waals surface area contributed by atoms with Crippen molar-refractivity contribution in [1.82, 2.24) is 9.44 Å². The lowest BCUT2D eigenvalue weighted by molar-refractivity contribution is -0.148. The summed E-state index contributed by atoms with van der Waals surface area (Å²) < 4.78 is 27.7. The van der Waals surface area contributed by atoms with E-state index in [-0.39, 0.29) is 6.54 Å². The summed E-state index contributed by atoms with van der Waals surface area (Å²) in [5.74, 6) is -0.909. The molecule has 6 nitrogen and oxygen atoms in total. The van der Waals surface area contributed by atoms with Crippen molar-refractivity contribution in [3.63, 3.8) is 0 Å². The minimum Gasteiger partial charge on any atom is -0.481 e. The predicted octanol–water partition coefficient (Wildman–Crippen LogP) is 0.465. The van der Waals surface area contributed by atoms with Gasteiger partial charge in [-0.2, -0.15) is 8.42 Å². The van der Waals surface area contributed by atoms with Gasteiger partial charge in [-0.3, -0.25) is 4.79 Å². The first-order chi connectivity index (χ1) is 7.92. The van der Waals surface area contributed by atoms with Crippen LogP contribution in [0.2, 0.25) is 0 Å². The first-order valence-electron chi connectivity index (χ1n) is 5.89. The number of carboxylic acid groups (broad SMARTS) is 1. The summed E-state index contributed by atoms with van der Waals surface area (Å²) in [7, 11) is -3.57. The number of aliphatic carboxylic acids is 1. The highest BCUT2D eigenvalue weighted by atomic mass is 32.2. The van der Waals surface area contributed by atoms with Gasteiger partial charge in [-0.25, -0.2) is 9.44 Å². The molecule has 1 aliphatic carbocycles. The molecule has 0 heterocycles. The first-order valence-corrected chi connectivity index (χ1v) is 7.38. The van der Waals surface area contributed by atoms with E-state index >= 15 is 0 Å². The lowest BCUT2D eigenvalue weighted by atomic mass is 9.87. The molecule has 3 N–H and O–H groups in total.